The van der Waals surface area contributed by atoms with Crippen molar-refractivity contribution in [2.45, 2.75) is 12.8 Å². The third-order valence-corrected chi connectivity index (χ3v) is 4.51. The van der Waals surface area contributed by atoms with Gasteiger partial charge < -0.3 is 24.3 Å². The van der Waals surface area contributed by atoms with Crippen LogP contribution in [0, 0.1) is 0 Å². The first-order valence-electron chi connectivity index (χ1n) is 7.95. The Morgan fingerprint density at radius 1 is 0.917 bits per heavy atom. The predicted molar refractivity (Wildman–Crippen MR) is 85.4 cm³/mol. The van der Waals surface area contributed by atoms with Gasteiger partial charge in [0.05, 0.1) is 18.8 Å². The fraction of sp³-hybridized carbons (Fsp3) is 0.278. The van der Waals surface area contributed by atoms with Crippen LogP contribution in [0.25, 0.3) is 0 Å². The van der Waals surface area contributed by atoms with E-state index in [2.05, 4.69) is 5.32 Å². The predicted octanol–water partition coefficient (Wildman–Crippen LogP) is 2.54. The Kier molecular flexibility index (Phi) is 2.85. The number of carbonyl (C=O) groups is 1. The van der Waals surface area contributed by atoms with Crippen molar-refractivity contribution >= 4 is 11.6 Å². The summed E-state index contributed by atoms with van der Waals surface area (Å²) < 4.78 is 22.0. The van der Waals surface area contributed by atoms with E-state index in [9.17, 15) is 4.79 Å². The molecule has 122 valence electrons. The zero-order chi connectivity index (χ0) is 16.1. The molecule has 0 saturated carbocycles. The van der Waals surface area contributed by atoms with Crippen molar-refractivity contribution in [1.29, 1.82) is 0 Å². The summed E-state index contributed by atoms with van der Waals surface area (Å²) in [5.41, 5.74) is 3.21. The standard InChI is InChI=1S/C18H15NO5/c20-18(19-11-1-2-13-15(8-11)24-9-23-13)16-12-4-6-21-14(12)7-10-3-5-22-17(10)16/h1-2,7-8H,3-6,9H2,(H,19,20). The molecule has 0 spiro atoms. The molecule has 5 rings (SSSR count). The second-order valence-electron chi connectivity index (χ2n) is 5.94. The summed E-state index contributed by atoms with van der Waals surface area (Å²) in [5, 5.41) is 2.94. The Bertz CT molecular complexity index is 829. The molecule has 0 fully saturated rings. The zero-order valence-electron chi connectivity index (χ0n) is 12.9. The minimum Gasteiger partial charge on any atom is -0.493 e. The Labute approximate surface area is 138 Å². The number of amides is 1. The van der Waals surface area contributed by atoms with Crippen molar-refractivity contribution in [3.8, 4) is 23.0 Å². The second kappa shape index (κ2) is 5.06. The molecule has 0 aliphatic carbocycles. The van der Waals surface area contributed by atoms with Crippen molar-refractivity contribution in [1.82, 2.24) is 0 Å². The molecule has 0 bridgehead atoms. The quantitative estimate of drug-likeness (QED) is 0.919. The van der Waals surface area contributed by atoms with Gasteiger partial charge in [-0.25, -0.2) is 0 Å². The molecule has 1 amide bonds. The van der Waals surface area contributed by atoms with Crippen LogP contribution in [-0.4, -0.2) is 25.9 Å². The highest BCUT2D eigenvalue weighted by atomic mass is 16.7. The molecule has 6 heteroatoms. The van der Waals surface area contributed by atoms with Gasteiger partial charge in [-0.2, -0.15) is 0 Å². The maximum Gasteiger partial charge on any atom is 0.259 e. The molecular weight excluding hydrogens is 310 g/mol. The summed E-state index contributed by atoms with van der Waals surface area (Å²) in [6.07, 6.45) is 1.52. The smallest absolute Gasteiger partial charge is 0.259 e. The highest BCUT2D eigenvalue weighted by molar-refractivity contribution is 6.08. The van der Waals surface area contributed by atoms with Crippen LogP contribution in [0.5, 0.6) is 23.0 Å². The number of rotatable bonds is 2. The van der Waals surface area contributed by atoms with Gasteiger partial charge in [-0.1, -0.05) is 0 Å². The zero-order valence-corrected chi connectivity index (χ0v) is 12.9. The first-order chi connectivity index (χ1) is 11.8. The van der Waals surface area contributed by atoms with Gasteiger partial charge in [-0.3, -0.25) is 4.79 Å². The van der Waals surface area contributed by atoms with Crippen molar-refractivity contribution in [2.24, 2.45) is 0 Å². The average Bonchev–Trinajstić information content (AvgIpc) is 3.31. The minimum absolute atomic E-state index is 0.186. The summed E-state index contributed by atoms with van der Waals surface area (Å²) in [6, 6.07) is 7.35. The Hall–Kier alpha value is -2.89. The molecule has 0 radical (unpaired) electrons. The first-order valence-corrected chi connectivity index (χ1v) is 7.95. The highest BCUT2D eigenvalue weighted by Crippen LogP contribution is 2.41. The molecule has 0 unspecified atom stereocenters. The van der Waals surface area contributed by atoms with E-state index in [1.54, 1.807) is 18.2 Å². The number of nitrogens with one attached hydrogen (secondary N) is 1. The van der Waals surface area contributed by atoms with Crippen LogP contribution in [0.2, 0.25) is 0 Å². The lowest BCUT2D eigenvalue weighted by molar-refractivity contribution is 0.102. The normalized spacial score (nSPS) is 16.2. The van der Waals surface area contributed by atoms with E-state index in [4.69, 9.17) is 18.9 Å². The van der Waals surface area contributed by atoms with E-state index < -0.39 is 0 Å². The number of benzene rings is 2. The maximum absolute atomic E-state index is 12.9. The molecule has 6 nitrogen and oxygen atoms in total. The van der Waals surface area contributed by atoms with Crippen molar-refractivity contribution < 1.29 is 23.7 Å². The highest BCUT2D eigenvalue weighted by Gasteiger charge is 2.30. The SMILES string of the molecule is O=C(Nc1ccc2c(c1)OCO2)c1c2c(cc3c1OCC3)OCC2. The maximum atomic E-state index is 12.9. The van der Waals surface area contributed by atoms with Crippen LogP contribution >= 0.6 is 0 Å². The summed E-state index contributed by atoms with van der Waals surface area (Å²) >= 11 is 0. The van der Waals surface area contributed by atoms with E-state index in [1.165, 1.54) is 0 Å². The first kappa shape index (κ1) is 13.5. The van der Waals surface area contributed by atoms with Gasteiger partial charge in [0.15, 0.2) is 11.5 Å². The van der Waals surface area contributed by atoms with Gasteiger partial charge in [0, 0.05) is 35.7 Å². The van der Waals surface area contributed by atoms with E-state index in [1.807, 2.05) is 6.07 Å². The van der Waals surface area contributed by atoms with Gasteiger partial charge in [-0.05, 0) is 18.2 Å². The van der Waals surface area contributed by atoms with Crippen LogP contribution in [-0.2, 0) is 12.8 Å². The van der Waals surface area contributed by atoms with E-state index in [-0.39, 0.29) is 12.7 Å². The van der Waals surface area contributed by atoms with Gasteiger partial charge in [0.2, 0.25) is 6.79 Å². The molecule has 3 heterocycles. The summed E-state index contributed by atoms with van der Waals surface area (Å²) in [7, 11) is 0. The monoisotopic (exact) mass is 325 g/mol. The molecule has 3 aliphatic heterocycles. The molecule has 2 aromatic carbocycles. The largest absolute Gasteiger partial charge is 0.493 e. The molecule has 2 aromatic rings. The summed E-state index contributed by atoms with van der Waals surface area (Å²) in [5.74, 6) is 2.63. The molecule has 0 saturated heterocycles. The van der Waals surface area contributed by atoms with Gasteiger partial charge in [0.1, 0.15) is 11.5 Å². The molecule has 0 aromatic heterocycles. The lowest BCUT2D eigenvalue weighted by Crippen LogP contribution is -2.15. The molecule has 24 heavy (non-hydrogen) atoms. The lowest BCUT2D eigenvalue weighted by Gasteiger charge is -2.13. The Balaban J connectivity index is 1.52. The molecule has 1 N–H and O–H groups in total. The van der Waals surface area contributed by atoms with E-state index in [0.29, 0.717) is 41.7 Å². The number of hydrogen-bond donors (Lipinski definition) is 1. The minimum atomic E-state index is -0.186. The van der Waals surface area contributed by atoms with Crippen LogP contribution in [0.4, 0.5) is 5.69 Å². The van der Waals surface area contributed by atoms with Crippen LogP contribution in [0.3, 0.4) is 0 Å². The molecular formula is C18H15NO5. The number of carbonyl (C=O) groups excluding carboxylic acids is 1. The molecule has 0 atom stereocenters. The van der Waals surface area contributed by atoms with Crippen LogP contribution < -0.4 is 24.3 Å². The third-order valence-electron chi connectivity index (χ3n) is 4.51. The van der Waals surface area contributed by atoms with Gasteiger partial charge in [0.25, 0.3) is 5.91 Å². The number of fused-ring (bicyclic) bond motifs is 3. The second-order valence-corrected chi connectivity index (χ2v) is 5.94. The Morgan fingerprint density at radius 3 is 2.75 bits per heavy atom. The van der Waals surface area contributed by atoms with E-state index in [0.717, 1.165) is 29.7 Å². The van der Waals surface area contributed by atoms with Crippen molar-refractivity contribution in [3.05, 3.63) is 41.0 Å². The topological polar surface area (TPSA) is 66.0 Å². The fourth-order valence-electron chi connectivity index (χ4n) is 3.39. The number of hydrogen-bond acceptors (Lipinski definition) is 5. The van der Waals surface area contributed by atoms with Gasteiger partial charge in [-0.15, -0.1) is 0 Å². The molecule has 3 aliphatic rings. The van der Waals surface area contributed by atoms with Crippen molar-refractivity contribution in [2.75, 3.05) is 25.3 Å². The summed E-state index contributed by atoms with van der Waals surface area (Å²) in [6.45, 7) is 1.41. The summed E-state index contributed by atoms with van der Waals surface area (Å²) in [4.78, 5) is 12.9. The Morgan fingerprint density at radius 2 is 1.79 bits per heavy atom. The lowest BCUT2D eigenvalue weighted by atomic mass is 9.99. The van der Waals surface area contributed by atoms with Crippen LogP contribution in [0.1, 0.15) is 21.5 Å². The van der Waals surface area contributed by atoms with E-state index >= 15 is 0 Å². The number of anilines is 1. The van der Waals surface area contributed by atoms with Crippen molar-refractivity contribution in [3.63, 3.8) is 0 Å². The average molecular weight is 325 g/mol. The van der Waals surface area contributed by atoms with Gasteiger partial charge >= 0.3 is 0 Å². The van der Waals surface area contributed by atoms with Crippen LogP contribution in [0.15, 0.2) is 24.3 Å². The fourth-order valence-corrected chi connectivity index (χ4v) is 3.39. The third kappa shape index (κ3) is 1.99. The number of ether oxygens (including phenoxy) is 4.